The third-order valence-corrected chi connectivity index (χ3v) is 2.62. The Labute approximate surface area is 111 Å². The second-order valence-electron chi connectivity index (χ2n) is 5.30. The molecule has 2 heterocycles. The molecule has 0 radical (unpaired) electrons. The van der Waals surface area contributed by atoms with E-state index in [4.69, 9.17) is 0 Å². The quantitative estimate of drug-likeness (QED) is 0.839. The highest BCUT2D eigenvalue weighted by atomic mass is 16.2. The van der Waals surface area contributed by atoms with Crippen molar-refractivity contribution in [3.63, 3.8) is 0 Å². The van der Waals surface area contributed by atoms with E-state index in [1.54, 1.807) is 18.2 Å². The lowest BCUT2D eigenvalue weighted by molar-refractivity contribution is -0.123. The molecule has 0 aliphatic rings. The van der Waals surface area contributed by atoms with Crippen molar-refractivity contribution in [2.24, 2.45) is 5.41 Å². The number of nitrogens with zero attached hydrogens (tertiary/aromatic N) is 2. The van der Waals surface area contributed by atoms with Crippen molar-refractivity contribution in [1.82, 2.24) is 9.97 Å². The van der Waals surface area contributed by atoms with Crippen LogP contribution in [0.15, 0.2) is 24.3 Å². The van der Waals surface area contributed by atoms with Crippen LogP contribution in [0, 0.1) is 5.41 Å². The molecule has 19 heavy (non-hydrogen) atoms. The minimum atomic E-state index is -0.491. The van der Waals surface area contributed by atoms with Crippen molar-refractivity contribution in [3.8, 4) is 0 Å². The molecule has 1 amide bonds. The van der Waals surface area contributed by atoms with Gasteiger partial charge in [-0.05, 0) is 24.3 Å². The SMILES string of the molecule is CC(C)(C)C(=O)Nc1ccc2ccc(C=O)nc2n1. The Bertz CT molecular complexity index is 645. The van der Waals surface area contributed by atoms with Gasteiger partial charge in [-0.1, -0.05) is 20.8 Å². The van der Waals surface area contributed by atoms with E-state index in [0.29, 0.717) is 23.4 Å². The van der Waals surface area contributed by atoms with Gasteiger partial charge in [-0.3, -0.25) is 9.59 Å². The number of amides is 1. The molecule has 0 aliphatic carbocycles. The maximum absolute atomic E-state index is 11.9. The summed E-state index contributed by atoms with van der Waals surface area (Å²) in [7, 11) is 0. The average molecular weight is 257 g/mol. The number of hydrogen-bond donors (Lipinski definition) is 1. The molecule has 0 bridgehead atoms. The fourth-order valence-electron chi connectivity index (χ4n) is 1.45. The van der Waals surface area contributed by atoms with Crippen molar-refractivity contribution in [2.75, 3.05) is 5.32 Å². The van der Waals surface area contributed by atoms with Gasteiger partial charge in [0.2, 0.25) is 5.91 Å². The molecule has 2 aromatic heterocycles. The number of pyridine rings is 2. The molecule has 1 N–H and O–H groups in total. The number of fused-ring (bicyclic) bond motifs is 1. The summed E-state index contributed by atoms with van der Waals surface area (Å²) in [5.41, 5.74) is 0.268. The Morgan fingerprint density at radius 2 is 1.84 bits per heavy atom. The van der Waals surface area contributed by atoms with E-state index in [1.807, 2.05) is 26.8 Å². The number of rotatable bonds is 2. The fraction of sp³-hybridized carbons (Fsp3) is 0.286. The molecule has 0 aliphatic heterocycles. The largest absolute Gasteiger partial charge is 0.310 e. The normalized spacial score (nSPS) is 11.3. The number of hydrogen-bond acceptors (Lipinski definition) is 4. The number of carbonyl (C=O) groups excluding carboxylic acids is 2. The van der Waals surface area contributed by atoms with Gasteiger partial charge >= 0.3 is 0 Å². The van der Waals surface area contributed by atoms with Crippen LogP contribution in [-0.2, 0) is 4.79 Å². The van der Waals surface area contributed by atoms with E-state index in [0.717, 1.165) is 5.39 Å². The van der Waals surface area contributed by atoms with Gasteiger partial charge in [-0.25, -0.2) is 9.97 Å². The Hall–Kier alpha value is -2.30. The molecule has 0 saturated carbocycles. The number of aromatic nitrogens is 2. The van der Waals surface area contributed by atoms with E-state index < -0.39 is 5.41 Å². The first-order valence-corrected chi connectivity index (χ1v) is 5.94. The number of nitrogens with one attached hydrogen (secondary N) is 1. The predicted molar refractivity (Wildman–Crippen MR) is 73.0 cm³/mol. The Kier molecular flexibility index (Phi) is 3.29. The monoisotopic (exact) mass is 257 g/mol. The van der Waals surface area contributed by atoms with Crippen molar-refractivity contribution in [3.05, 3.63) is 30.0 Å². The number of anilines is 1. The third kappa shape index (κ3) is 2.93. The maximum atomic E-state index is 11.9. The molecule has 5 nitrogen and oxygen atoms in total. The first-order chi connectivity index (χ1) is 8.90. The lowest BCUT2D eigenvalue weighted by Crippen LogP contribution is -2.28. The smallest absolute Gasteiger partial charge is 0.230 e. The summed E-state index contributed by atoms with van der Waals surface area (Å²) in [6.45, 7) is 5.48. The summed E-state index contributed by atoms with van der Waals surface area (Å²) < 4.78 is 0. The van der Waals surface area contributed by atoms with Crippen LogP contribution in [0.3, 0.4) is 0 Å². The van der Waals surface area contributed by atoms with Crippen LogP contribution < -0.4 is 5.32 Å². The molecule has 0 aromatic carbocycles. The summed E-state index contributed by atoms with van der Waals surface area (Å²) >= 11 is 0. The summed E-state index contributed by atoms with van der Waals surface area (Å²) in [5, 5.41) is 3.55. The number of carbonyl (C=O) groups is 2. The van der Waals surface area contributed by atoms with Crippen LogP contribution in [0.1, 0.15) is 31.3 Å². The van der Waals surface area contributed by atoms with Crippen LogP contribution in [0.2, 0.25) is 0 Å². The number of aldehydes is 1. The van der Waals surface area contributed by atoms with Gasteiger partial charge in [0.05, 0.1) is 0 Å². The third-order valence-electron chi connectivity index (χ3n) is 2.62. The minimum absolute atomic E-state index is 0.120. The van der Waals surface area contributed by atoms with E-state index in [1.165, 1.54) is 0 Å². The van der Waals surface area contributed by atoms with Gasteiger partial charge in [0, 0.05) is 10.8 Å². The summed E-state index contributed by atoms with van der Waals surface area (Å²) in [6, 6.07) is 6.93. The van der Waals surface area contributed by atoms with Crippen LogP contribution in [0.5, 0.6) is 0 Å². The minimum Gasteiger partial charge on any atom is -0.310 e. The topological polar surface area (TPSA) is 72.0 Å². The molecular weight excluding hydrogens is 242 g/mol. The molecule has 2 rings (SSSR count). The van der Waals surface area contributed by atoms with Gasteiger partial charge in [0.15, 0.2) is 11.9 Å². The van der Waals surface area contributed by atoms with E-state index in [-0.39, 0.29) is 5.91 Å². The molecule has 0 fully saturated rings. The van der Waals surface area contributed by atoms with Crippen LogP contribution in [-0.4, -0.2) is 22.2 Å². The fourth-order valence-corrected chi connectivity index (χ4v) is 1.45. The molecule has 0 atom stereocenters. The predicted octanol–water partition coefficient (Wildman–Crippen LogP) is 2.43. The van der Waals surface area contributed by atoms with Gasteiger partial charge in [0.25, 0.3) is 0 Å². The molecule has 0 saturated heterocycles. The second kappa shape index (κ2) is 4.76. The summed E-state index contributed by atoms with van der Waals surface area (Å²) in [4.78, 5) is 30.9. The van der Waals surface area contributed by atoms with Crippen molar-refractivity contribution >= 4 is 29.0 Å². The summed E-state index contributed by atoms with van der Waals surface area (Å²) in [6.07, 6.45) is 0.668. The molecule has 5 heteroatoms. The first kappa shape index (κ1) is 13.1. The zero-order valence-corrected chi connectivity index (χ0v) is 11.1. The van der Waals surface area contributed by atoms with Crippen LogP contribution in [0.25, 0.3) is 11.0 Å². The van der Waals surface area contributed by atoms with Gasteiger partial charge in [-0.15, -0.1) is 0 Å². The zero-order valence-electron chi connectivity index (χ0n) is 11.1. The average Bonchev–Trinajstić information content (AvgIpc) is 2.36. The molecule has 0 unspecified atom stereocenters. The Morgan fingerprint density at radius 1 is 1.16 bits per heavy atom. The van der Waals surface area contributed by atoms with Crippen LogP contribution in [0.4, 0.5) is 5.82 Å². The van der Waals surface area contributed by atoms with Gasteiger partial charge in [0.1, 0.15) is 11.5 Å². The van der Waals surface area contributed by atoms with Gasteiger partial charge < -0.3 is 5.32 Å². The Morgan fingerprint density at radius 3 is 2.47 bits per heavy atom. The van der Waals surface area contributed by atoms with E-state index in [9.17, 15) is 9.59 Å². The first-order valence-electron chi connectivity index (χ1n) is 5.94. The standard InChI is InChI=1S/C14H15N3O2/c1-14(2,3)13(19)17-11-7-5-9-4-6-10(8-18)15-12(9)16-11/h4-8H,1-3H3,(H,15,16,17,19). The van der Waals surface area contributed by atoms with E-state index in [2.05, 4.69) is 15.3 Å². The lowest BCUT2D eigenvalue weighted by atomic mass is 9.96. The maximum Gasteiger partial charge on any atom is 0.230 e. The summed E-state index contributed by atoms with van der Waals surface area (Å²) in [5.74, 6) is 0.314. The second-order valence-corrected chi connectivity index (χ2v) is 5.30. The highest BCUT2D eigenvalue weighted by Gasteiger charge is 2.21. The van der Waals surface area contributed by atoms with Crippen molar-refractivity contribution in [2.45, 2.75) is 20.8 Å². The lowest BCUT2D eigenvalue weighted by Gasteiger charge is -2.17. The van der Waals surface area contributed by atoms with Crippen LogP contribution >= 0.6 is 0 Å². The highest BCUT2D eigenvalue weighted by Crippen LogP contribution is 2.18. The molecule has 0 spiro atoms. The van der Waals surface area contributed by atoms with E-state index >= 15 is 0 Å². The Balaban J connectivity index is 2.35. The zero-order chi connectivity index (χ0) is 14.0. The molecule has 2 aromatic rings. The molecule has 98 valence electrons. The highest BCUT2D eigenvalue weighted by molar-refractivity contribution is 5.94. The van der Waals surface area contributed by atoms with Crippen molar-refractivity contribution < 1.29 is 9.59 Å². The van der Waals surface area contributed by atoms with Gasteiger partial charge in [-0.2, -0.15) is 0 Å². The molecular formula is C14H15N3O2. The van der Waals surface area contributed by atoms with Crippen molar-refractivity contribution in [1.29, 1.82) is 0 Å².